The third-order valence-electron chi connectivity index (χ3n) is 2.63. The lowest BCUT2D eigenvalue weighted by Crippen LogP contribution is -2.53. The number of nitrogens with one attached hydrogen (secondary N) is 2. The molecule has 0 saturated heterocycles. The van der Waals surface area contributed by atoms with Crippen molar-refractivity contribution in [2.75, 3.05) is 13.2 Å². The smallest absolute Gasteiger partial charge is 0.325 e. The molecule has 0 unspecified atom stereocenters. The summed E-state index contributed by atoms with van der Waals surface area (Å²) < 4.78 is 4.73. The van der Waals surface area contributed by atoms with E-state index < -0.39 is 17.4 Å². The Kier molecular flexibility index (Phi) is 7.24. The van der Waals surface area contributed by atoms with E-state index in [1.54, 1.807) is 27.7 Å². The summed E-state index contributed by atoms with van der Waals surface area (Å²) in [6.07, 6.45) is 0. The van der Waals surface area contributed by atoms with Gasteiger partial charge in [0.25, 0.3) is 0 Å². The van der Waals surface area contributed by atoms with Crippen molar-refractivity contribution >= 4 is 17.8 Å². The molecular weight excluding hydrogens is 260 g/mol. The molecule has 0 rings (SSSR count). The molecule has 0 aromatic rings. The van der Waals surface area contributed by atoms with Crippen LogP contribution in [0.5, 0.6) is 0 Å². The van der Waals surface area contributed by atoms with Crippen LogP contribution in [0.3, 0.4) is 0 Å². The van der Waals surface area contributed by atoms with E-state index in [-0.39, 0.29) is 30.9 Å². The van der Waals surface area contributed by atoms with Crippen molar-refractivity contribution in [3.63, 3.8) is 0 Å². The maximum absolute atomic E-state index is 12.0. The summed E-state index contributed by atoms with van der Waals surface area (Å²) in [5.41, 5.74) is -0.575. The zero-order chi connectivity index (χ0) is 15.9. The van der Waals surface area contributed by atoms with Gasteiger partial charge in [0, 0.05) is 5.41 Å². The number of rotatable bonds is 6. The largest absolute Gasteiger partial charge is 0.465 e. The molecule has 0 aromatic carbocycles. The Labute approximate surface area is 120 Å². The van der Waals surface area contributed by atoms with Gasteiger partial charge in [-0.15, -0.1) is 0 Å². The van der Waals surface area contributed by atoms with Crippen LogP contribution in [0.15, 0.2) is 0 Å². The number of hydrogen-bond acceptors (Lipinski definition) is 4. The Bertz CT molecular complexity index is 359. The number of amides is 2. The van der Waals surface area contributed by atoms with Gasteiger partial charge in [-0.25, -0.2) is 0 Å². The average Bonchev–Trinajstić information content (AvgIpc) is 2.31. The molecule has 6 heteroatoms. The number of carbonyl (C=O) groups is 3. The van der Waals surface area contributed by atoms with E-state index in [9.17, 15) is 14.4 Å². The van der Waals surface area contributed by atoms with Crippen molar-refractivity contribution in [3.8, 4) is 0 Å². The van der Waals surface area contributed by atoms with E-state index >= 15 is 0 Å². The van der Waals surface area contributed by atoms with Crippen LogP contribution in [0.4, 0.5) is 0 Å². The van der Waals surface area contributed by atoms with Gasteiger partial charge >= 0.3 is 5.97 Å². The van der Waals surface area contributed by atoms with E-state index in [1.165, 1.54) is 0 Å². The molecule has 0 aliphatic carbocycles. The summed E-state index contributed by atoms with van der Waals surface area (Å²) in [4.78, 5) is 35.2. The van der Waals surface area contributed by atoms with E-state index in [4.69, 9.17) is 4.74 Å². The van der Waals surface area contributed by atoms with E-state index in [1.807, 2.05) is 13.8 Å². The van der Waals surface area contributed by atoms with Gasteiger partial charge in [0.05, 0.1) is 6.61 Å². The minimum atomic E-state index is -0.670. The highest BCUT2D eigenvalue weighted by Gasteiger charge is 2.29. The summed E-state index contributed by atoms with van der Waals surface area (Å²) in [5, 5.41) is 5.19. The monoisotopic (exact) mass is 286 g/mol. The second kappa shape index (κ2) is 7.87. The fraction of sp³-hybridized carbons (Fsp3) is 0.786. The SMILES string of the molecule is CCOC(=O)CNC(=O)[C@@H](NC(=O)C(C)(C)C)C(C)C. The Morgan fingerprint density at radius 1 is 1.15 bits per heavy atom. The molecule has 0 saturated carbocycles. The maximum Gasteiger partial charge on any atom is 0.325 e. The predicted octanol–water partition coefficient (Wildman–Crippen LogP) is 0.853. The highest BCUT2D eigenvalue weighted by molar-refractivity contribution is 5.91. The number of hydrogen-bond donors (Lipinski definition) is 2. The molecule has 0 radical (unpaired) electrons. The number of esters is 1. The molecule has 0 spiro atoms. The molecule has 0 bridgehead atoms. The quantitative estimate of drug-likeness (QED) is 0.709. The first-order valence-electron chi connectivity index (χ1n) is 6.83. The molecule has 6 nitrogen and oxygen atoms in total. The van der Waals surface area contributed by atoms with Crippen LogP contribution < -0.4 is 10.6 Å². The summed E-state index contributed by atoms with van der Waals surface area (Å²) in [6.45, 7) is 10.8. The van der Waals surface area contributed by atoms with Crippen molar-refractivity contribution in [2.45, 2.75) is 47.6 Å². The lowest BCUT2D eigenvalue weighted by molar-refractivity contribution is -0.143. The summed E-state index contributed by atoms with van der Waals surface area (Å²) in [5.74, 6) is -1.16. The van der Waals surface area contributed by atoms with Gasteiger partial charge in [-0.2, -0.15) is 0 Å². The highest BCUT2D eigenvalue weighted by Crippen LogP contribution is 2.14. The highest BCUT2D eigenvalue weighted by atomic mass is 16.5. The van der Waals surface area contributed by atoms with Crippen LogP contribution in [0, 0.1) is 11.3 Å². The number of ether oxygens (including phenoxy) is 1. The Morgan fingerprint density at radius 2 is 1.70 bits per heavy atom. The summed E-state index contributed by atoms with van der Waals surface area (Å²) >= 11 is 0. The zero-order valence-corrected chi connectivity index (χ0v) is 13.2. The molecule has 20 heavy (non-hydrogen) atoms. The van der Waals surface area contributed by atoms with Crippen molar-refractivity contribution in [1.82, 2.24) is 10.6 Å². The molecule has 2 N–H and O–H groups in total. The van der Waals surface area contributed by atoms with Gasteiger partial charge in [-0.3, -0.25) is 14.4 Å². The first-order valence-corrected chi connectivity index (χ1v) is 6.83. The van der Waals surface area contributed by atoms with Crippen LogP contribution in [0.25, 0.3) is 0 Å². The Morgan fingerprint density at radius 3 is 2.10 bits per heavy atom. The molecular formula is C14H26N2O4. The molecule has 2 amide bonds. The molecule has 1 atom stereocenters. The fourth-order valence-corrected chi connectivity index (χ4v) is 1.37. The van der Waals surface area contributed by atoms with Crippen molar-refractivity contribution in [2.24, 2.45) is 11.3 Å². The van der Waals surface area contributed by atoms with Crippen LogP contribution in [-0.2, 0) is 19.1 Å². The van der Waals surface area contributed by atoms with Crippen molar-refractivity contribution < 1.29 is 19.1 Å². The topological polar surface area (TPSA) is 84.5 Å². The second-order valence-electron chi connectivity index (χ2n) is 5.97. The van der Waals surface area contributed by atoms with Crippen molar-refractivity contribution in [3.05, 3.63) is 0 Å². The first-order chi connectivity index (χ1) is 9.09. The predicted molar refractivity (Wildman–Crippen MR) is 75.9 cm³/mol. The van der Waals surface area contributed by atoms with Gasteiger partial charge in [-0.1, -0.05) is 34.6 Å². The number of carbonyl (C=O) groups excluding carboxylic acids is 3. The third-order valence-corrected chi connectivity index (χ3v) is 2.63. The van der Waals surface area contributed by atoms with E-state index in [0.717, 1.165) is 0 Å². The van der Waals surface area contributed by atoms with E-state index in [0.29, 0.717) is 0 Å². The minimum Gasteiger partial charge on any atom is -0.465 e. The molecule has 0 heterocycles. The lowest BCUT2D eigenvalue weighted by Gasteiger charge is -2.26. The molecule has 116 valence electrons. The average molecular weight is 286 g/mol. The fourth-order valence-electron chi connectivity index (χ4n) is 1.37. The van der Waals surface area contributed by atoms with Crippen LogP contribution >= 0.6 is 0 Å². The molecule has 0 aromatic heterocycles. The minimum absolute atomic E-state index is 0.0801. The van der Waals surface area contributed by atoms with Gasteiger partial charge in [-0.05, 0) is 12.8 Å². The van der Waals surface area contributed by atoms with Gasteiger partial charge in [0.15, 0.2) is 0 Å². The Hall–Kier alpha value is -1.59. The van der Waals surface area contributed by atoms with Gasteiger partial charge < -0.3 is 15.4 Å². The van der Waals surface area contributed by atoms with Crippen molar-refractivity contribution in [1.29, 1.82) is 0 Å². The van der Waals surface area contributed by atoms with Crippen LogP contribution in [0.2, 0.25) is 0 Å². The standard InChI is InChI=1S/C14H26N2O4/c1-7-20-10(17)8-15-12(18)11(9(2)3)16-13(19)14(4,5)6/h9,11H,7-8H2,1-6H3,(H,15,18)(H,16,19)/t11-/m0/s1. The zero-order valence-electron chi connectivity index (χ0n) is 13.2. The third kappa shape index (κ3) is 6.54. The summed E-state index contributed by atoms with van der Waals surface area (Å²) in [7, 11) is 0. The van der Waals surface area contributed by atoms with Gasteiger partial charge in [0.1, 0.15) is 12.6 Å². The maximum atomic E-state index is 12.0. The van der Waals surface area contributed by atoms with Crippen LogP contribution in [-0.4, -0.2) is 37.0 Å². The molecule has 0 fully saturated rings. The first kappa shape index (κ1) is 18.4. The van der Waals surface area contributed by atoms with Gasteiger partial charge in [0.2, 0.25) is 11.8 Å². The summed E-state index contributed by atoms with van der Waals surface area (Å²) in [6, 6.07) is -0.670. The second-order valence-corrected chi connectivity index (χ2v) is 5.97. The molecule has 0 aliphatic rings. The normalized spacial score (nSPS) is 12.8. The Balaban J connectivity index is 4.57. The van der Waals surface area contributed by atoms with E-state index in [2.05, 4.69) is 10.6 Å². The molecule has 0 aliphatic heterocycles. The lowest BCUT2D eigenvalue weighted by atomic mass is 9.93. The van der Waals surface area contributed by atoms with Crippen LogP contribution in [0.1, 0.15) is 41.5 Å².